The minimum Gasteiger partial charge on any atom is -0.388 e. The minimum atomic E-state index is -0.538. The third kappa shape index (κ3) is 3.42. The van der Waals surface area contributed by atoms with Gasteiger partial charge in [0.2, 0.25) is 0 Å². The van der Waals surface area contributed by atoms with Crippen LogP contribution in [-0.4, -0.2) is 5.11 Å². The molecule has 3 rings (SSSR count). The second-order valence-corrected chi connectivity index (χ2v) is 6.60. The van der Waals surface area contributed by atoms with Crippen LogP contribution >= 0.6 is 23.2 Å². The van der Waals surface area contributed by atoms with Gasteiger partial charge in [0.15, 0.2) is 0 Å². The first-order valence-electron chi connectivity index (χ1n) is 7.35. The normalized spacial score (nSPS) is 16.5. The number of halogens is 2. The lowest BCUT2D eigenvalue weighted by Gasteiger charge is -2.26. The van der Waals surface area contributed by atoms with Crippen molar-refractivity contribution in [2.75, 3.05) is 0 Å². The molecule has 1 aliphatic carbocycles. The Morgan fingerprint density at radius 3 is 2.57 bits per heavy atom. The molecule has 1 unspecified atom stereocenters. The van der Waals surface area contributed by atoms with E-state index in [2.05, 4.69) is 12.1 Å². The molecule has 2 aromatic carbocycles. The lowest BCUT2D eigenvalue weighted by molar-refractivity contribution is 0.178. The van der Waals surface area contributed by atoms with Crippen LogP contribution in [-0.2, 0) is 6.42 Å². The molecule has 110 valence electrons. The zero-order chi connectivity index (χ0) is 14.8. The predicted octanol–water partition coefficient (Wildman–Crippen LogP) is 5.54. The summed E-state index contributed by atoms with van der Waals surface area (Å²) in [5.41, 5.74) is 3.23. The maximum atomic E-state index is 10.5. The number of rotatable bonds is 4. The minimum absolute atomic E-state index is 0.504. The van der Waals surface area contributed by atoms with E-state index in [4.69, 9.17) is 23.2 Å². The molecule has 21 heavy (non-hydrogen) atoms. The van der Waals surface area contributed by atoms with Crippen molar-refractivity contribution in [1.29, 1.82) is 0 Å². The number of hydrogen-bond acceptors (Lipinski definition) is 1. The Kier molecular flexibility index (Phi) is 4.54. The van der Waals surface area contributed by atoms with E-state index >= 15 is 0 Å². The van der Waals surface area contributed by atoms with Crippen molar-refractivity contribution in [2.24, 2.45) is 0 Å². The molecule has 1 N–H and O–H groups in total. The van der Waals surface area contributed by atoms with E-state index in [-0.39, 0.29) is 0 Å². The average Bonchev–Trinajstić information content (AvgIpc) is 2.40. The van der Waals surface area contributed by atoms with Gasteiger partial charge in [0.1, 0.15) is 0 Å². The molecule has 1 atom stereocenters. The van der Waals surface area contributed by atoms with Gasteiger partial charge in [0.25, 0.3) is 0 Å². The third-order valence-electron chi connectivity index (χ3n) is 4.30. The zero-order valence-electron chi connectivity index (χ0n) is 11.7. The number of hydrogen-bond donors (Lipinski definition) is 1. The van der Waals surface area contributed by atoms with Gasteiger partial charge >= 0.3 is 0 Å². The summed E-state index contributed by atoms with van der Waals surface area (Å²) in [6.45, 7) is 0. The first-order chi connectivity index (χ1) is 10.1. The number of aliphatic hydroxyl groups is 1. The molecule has 0 heterocycles. The molecule has 1 nitrogen and oxygen atoms in total. The van der Waals surface area contributed by atoms with Crippen LogP contribution in [0.15, 0.2) is 42.5 Å². The molecule has 0 aromatic heterocycles. The van der Waals surface area contributed by atoms with Crippen LogP contribution in [0, 0.1) is 0 Å². The summed E-state index contributed by atoms with van der Waals surface area (Å²) in [6.07, 6.45) is 3.82. The molecule has 3 heteroatoms. The standard InChI is InChI=1S/C18H18Cl2O/c19-16-8-7-14(17(20)11-16)10-18(21)15-6-2-5-13(9-15)12-3-1-4-12/h2,5-9,11-12,18,21H,1,3-4,10H2. The van der Waals surface area contributed by atoms with Crippen molar-refractivity contribution in [3.8, 4) is 0 Å². The van der Waals surface area contributed by atoms with Gasteiger partial charge in [0, 0.05) is 16.5 Å². The summed E-state index contributed by atoms with van der Waals surface area (Å²) in [4.78, 5) is 0. The Morgan fingerprint density at radius 1 is 1.10 bits per heavy atom. The Balaban J connectivity index is 1.76. The Labute approximate surface area is 135 Å². The molecular formula is C18H18Cl2O. The molecule has 1 aliphatic rings. The van der Waals surface area contributed by atoms with E-state index in [1.54, 1.807) is 12.1 Å². The second kappa shape index (κ2) is 6.39. The summed E-state index contributed by atoms with van der Waals surface area (Å²) in [6, 6.07) is 13.7. The highest BCUT2D eigenvalue weighted by Gasteiger charge is 2.20. The largest absolute Gasteiger partial charge is 0.388 e. The fourth-order valence-corrected chi connectivity index (χ4v) is 3.26. The second-order valence-electron chi connectivity index (χ2n) is 5.75. The van der Waals surface area contributed by atoms with E-state index in [0.717, 1.165) is 11.1 Å². The van der Waals surface area contributed by atoms with Crippen molar-refractivity contribution in [3.63, 3.8) is 0 Å². The van der Waals surface area contributed by atoms with Gasteiger partial charge < -0.3 is 5.11 Å². The van der Waals surface area contributed by atoms with Crippen molar-refractivity contribution < 1.29 is 5.11 Å². The van der Waals surface area contributed by atoms with Gasteiger partial charge in [0.05, 0.1) is 6.10 Å². The molecule has 0 bridgehead atoms. The highest BCUT2D eigenvalue weighted by molar-refractivity contribution is 6.35. The van der Waals surface area contributed by atoms with Gasteiger partial charge in [-0.1, -0.05) is 60.0 Å². The van der Waals surface area contributed by atoms with Crippen LogP contribution in [0.1, 0.15) is 48.0 Å². The van der Waals surface area contributed by atoms with Gasteiger partial charge in [-0.15, -0.1) is 0 Å². The van der Waals surface area contributed by atoms with Crippen LogP contribution in [0.4, 0.5) is 0 Å². The van der Waals surface area contributed by atoms with E-state index in [1.807, 2.05) is 18.2 Å². The summed E-state index contributed by atoms with van der Waals surface area (Å²) in [7, 11) is 0. The third-order valence-corrected chi connectivity index (χ3v) is 4.89. The predicted molar refractivity (Wildman–Crippen MR) is 88.2 cm³/mol. The molecular weight excluding hydrogens is 303 g/mol. The van der Waals surface area contributed by atoms with E-state index < -0.39 is 6.10 Å². The van der Waals surface area contributed by atoms with Crippen LogP contribution in [0.2, 0.25) is 10.0 Å². The van der Waals surface area contributed by atoms with Gasteiger partial charge in [-0.25, -0.2) is 0 Å². The van der Waals surface area contributed by atoms with E-state index in [0.29, 0.717) is 22.4 Å². The van der Waals surface area contributed by atoms with Crippen LogP contribution in [0.3, 0.4) is 0 Å². The van der Waals surface area contributed by atoms with E-state index in [1.165, 1.54) is 24.8 Å². The fourth-order valence-electron chi connectivity index (χ4n) is 2.78. The Morgan fingerprint density at radius 2 is 1.90 bits per heavy atom. The SMILES string of the molecule is OC(Cc1ccc(Cl)cc1Cl)c1cccc(C2CCC2)c1. The summed E-state index contributed by atoms with van der Waals surface area (Å²) >= 11 is 12.1. The maximum absolute atomic E-state index is 10.5. The van der Waals surface area contributed by atoms with Crippen molar-refractivity contribution in [1.82, 2.24) is 0 Å². The lowest BCUT2D eigenvalue weighted by Crippen LogP contribution is -2.10. The zero-order valence-corrected chi connectivity index (χ0v) is 13.2. The fraction of sp³-hybridized carbons (Fsp3) is 0.333. The quantitative estimate of drug-likeness (QED) is 0.784. The highest BCUT2D eigenvalue weighted by atomic mass is 35.5. The van der Waals surface area contributed by atoms with Gasteiger partial charge in [-0.3, -0.25) is 0 Å². The molecule has 1 fully saturated rings. The monoisotopic (exact) mass is 320 g/mol. The molecule has 0 amide bonds. The lowest BCUT2D eigenvalue weighted by atomic mass is 9.79. The smallest absolute Gasteiger partial charge is 0.0831 e. The van der Waals surface area contributed by atoms with Crippen LogP contribution in [0.25, 0.3) is 0 Å². The van der Waals surface area contributed by atoms with Crippen molar-refractivity contribution >= 4 is 23.2 Å². The molecule has 1 saturated carbocycles. The van der Waals surface area contributed by atoms with Crippen molar-refractivity contribution in [3.05, 3.63) is 69.2 Å². The first-order valence-corrected chi connectivity index (χ1v) is 8.11. The molecule has 0 radical (unpaired) electrons. The molecule has 0 spiro atoms. The maximum Gasteiger partial charge on any atom is 0.0831 e. The summed E-state index contributed by atoms with van der Waals surface area (Å²) in [5.74, 6) is 0.677. The average molecular weight is 321 g/mol. The summed E-state index contributed by atoms with van der Waals surface area (Å²) in [5, 5.41) is 11.7. The Hall–Kier alpha value is -1.02. The molecule has 0 saturated heterocycles. The number of benzene rings is 2. The number of aliphatic hydroxyl groups excluding tert-OH is 1. The van der Waals surface area contributed by atoms with Crippen molar-refractivity contribution in [2.45, 2.75) is 37.7 Å². The summed E-state index contributed by atoms with van der Waals surface area (Å²) < 4.78 is 0. The van der Waals surface area contributed by atoms with Gasteiger partial charge in [-0.2, -0.15) is 0 Å². The van der Waals surface area contributed by atoms with Gasteiger partial charge in [-0.05, 0) is 47.6 Å². The van der Waals surface area contributed by atoms with Crippen LogP contribution in [0.5, 0.6) is 0 Å². The topological polar surface area (TPSA) is 20.2 Å². The molecule has 0 aliphatic heterocycles. The highest BCUT2D eigenvalue weighted by Crippen LogP contribution is 2.37. The van der Waals surface area contributed by atoms with E-state index in [9.17, 15) is 5.11 Å². The molecule has 2 aromatic rings. The first kappa shape index (κ1) is 14.9. The van der Waals surface area contributed by atoms with Crippen LogP contribution < -0.4 is 0 Å². The Bertz CT molecular complexity index is 635.